The zero-order valence-corrected chi connectivity index (χ0v) is 8.28. The Balaban J connectivity index is 2.30. The Bertz CT molecular complexity index is 277. The first kappa shape index (κ1) is 11.5. The number of piperidine rings is 1. The maximum Gasteiger partial charge on any atom is 0.303 e. The summed E-state index contributed by atoms with van der Waals surface area (Å²) in [7, 11) is 0. The SMILES string of the molecule is O=C(O)CCC(=O)NC1CCCNC1=O. The fourth-order valence-corrected chi connectivity index (χ4v) is 1.40. The van der Waals surface area contributed by atoms with E-state index in [1.165, 1.54) is 0 Å². The first-order valence-corrected chi connectivity index (χ1v) is 4.88. The lowest BCUT2D eigenvalue weighted by molar-refractivity contribution is -0.139. The minimum absolute atomic E-state index is 0.0842. The normalized spacial score (nSPS) is 20.5. The minimum atomic E-state index is -1.02. The number of carboxylic acid groups (broad SMARTS) is 1. The second-order valence-electron chi connectivity index (χ2n) is 3.45. The maximum absolute atomic E-state index is 11.2. The van der Waals surface area contributed by atoms with E-state index in [4.69, 9.17) is 5.11 Å². The van der Waals surface area contributed by atoms with Crippen LogP contribution in [0.1, 0.15) is 25.7 Å². The summed E-state index contributed by atoms with van der Waals surface area (Å²) in [5.41, 5.74) is 0. The van der Waals surface area contributed by atoms with Crippen LogP contribution in [0.4, 0.5) is 0 Å². The molecule has 0 spiro atoms. The van der Waals surface area contributed by atoms with Crippen molar-refractivity contribution < 1.29 is 19.5 Å². The summed E-state index contributed by atoms with van der Waals surface area (Å²) in [6.45, 7) is 0.639. The molecule has 6 nitrogen and oxygen atoms in total. The van der Waals surface area contributed by atoms with Crippen LogP contribution in [0, 0.1) is 0 Å². The summed E-state index contributed by atoms with van der Waals surface area (Å²) in [5, 5.41) is 13.5. The van der Waals surface area contributed by atoms with Crippen molar-refractivity contribution in [1.29, 1.82) is 0 Å². The smallest absolute Gasteiger partial charge is 0.303 e. The van der Waals surface area contributed by atoms with Crippen molar-refractivity contribution in [2.24, 2.45) is 0 Å². The Morgan fingerprint density at radius 1 is 1.47 bits per heavy atom. The van der Waals surface area contributed by atoms with Crippen LogP contribution in [0.3, 0.4) is 0 Å². The van der Waals surface area contributed by atoms with Crippen LogP contribution in [0.15, 0.2) is 0 Å². The molecule has 0 aromatic rings. The van der Waals surface area contributed by atoms with Crippen molar-refractivity contribution in [2.75, 3.05) is 6.54 Å². The van der Waals surface area contributed by atoms with Gasteiger partial charge >= 0.3 is 5.97 Å². The zero-order chi connectivity index (χ0) is 11.3. The zero-order valence-electron chi connectivity index (χ0n) is 8.28. The molecule has 0 bridgehead atoms. The third-order valence-corrected chi connectivity index (χ3v) is 2.19. The second kappa shape index (κ2) is 5.33. The molecule has 15 heavy (non-hydrogen) atoms. The van der Waals surface area contributed by atoms with E-state index >= 15 is 0 Å². The van der Waals surface area contributed by atoms with Crippen molar-refractivity contribution in [2.45, 2.75) is 31.7 Å². The number of carboxylic acids is 1. The lowest BCUT2D eigenvalue weighted by atomic mass is 10.1. The standard InChI is InChI=1S/C9H14N2O4/c12-7(3-4-8(13)14)11-6-2-1-5-10-9(6)15/h6H,1-5H2,(H,10,15)(H,11,12)(H,13,14). The highest BCUT2D eigenvalue weighted by atomic mass is 16.4. The molecule has 1 fully saturated rings. The number of amides is 2. The van der Waals surface area contributed by atoms with Crippen molar-refractivity contribution in [1.82, 2.24) is 10.6 Å². The van der Waals surface area contributed by atoms with Gasteiger partial charge in [0, 0.05) is 13.0 Å². The molecule has 1 rings (SSSR count). The summed E-state index contributed by atoms with van der Waals surface area (Å²) in [4.78, 5) is 32.6. The molecule has 0 aliphatic carbocycles. The topological polar surface area (TPSA) is 95.5 Å². The van der Waals surface area contributed by atoms with Crippen LogP contribution in [0.5, 0.6) is 0 Å². The molecular formula is C9H14N2O4. The fraction of sp³-hybridized carbons (Fsp3) is 0.667. The highest BCUT2D eigenvalue weighted by molar-refractivity contribution is 5.88. The van der Waals surface area contributed by atoms with E-state index in [-0.39, 0.29) is 24.7 Å². The molecule has 1 aliphatic rings. The summed E-state index contributed by atoms with van der Waals surface area (Å²) in [6.07, 6.45) is 1.15. The summed E-state index contributed by atoms with van der Waals surface area (Å²) in [6, 6.07) is -0.500. The summed E-state index contributed by atoms with van der Waals surface area (Å²) >= 11 is 0. The average molecular weight is 214 g/mol. The molecule has 0 saturated carbocycles. The van der Waals surface area contributed by atoms with Crippen LogP contribution in [0.2, 0.25) is 0 Å². The molecule has 3 N–H and O–H groups in total. The third-order valence-electron chi connectivity index (χ3n) is 2.19. The van der Waals surface area contributed by atoms with Gasteiger partial charge in [-0.3, -0.25) is 14.4 Å². The number of aliphatic carboxylic acids is 1. The quantitative estimate of drug-likeness (QED) is 0.573. The average Bonchev–Trinajstić information content (AvgIpc) is 2.18. The Morgan fingerprint density at radius 2 is 2.20 bits per heavy atom. The lowest BCUT2D eigenvalue weighted by Gasteiger charge is -2.22. The van der Waals surface area contributed by atoms with E-state index in [1.807, 2.05) is 0 Å². The molecule has 1 aliphatic heterocycles. The molecule has 0 aromatic heterocycles. The van der Waals surface area contributed by atoms with Gasteiger partial charge in [0.2, 0.25) is 11.8 Å². The van der Waals surface area contributed by atoms with Gasteiger partial charge in [0.1, 0.15) is 6.04 Å². The van der Waals surface area contributed by atoms with Gasteiger partial charge in [-0.1, -0.05) is 0 Å². The largest absolute Gasteiger partial charge is 0.481 e. The first-order chi connectivity index (χ1) is 7.09. The third kappa shape index (κ3) is 3.97. The monoisotopic (exact) mass is 214 g/mol. The van der Waals surface area contributed by atoms with Gasteiger partial charge in [-0.2, -0.15) is 0 Å². The number of carbonyl (C=O) groups excluding carboxylic acids is 2. The predicted molar refractivity (Wildman–Crippen MR) is 51.0 cm³/mol. The van der Waals surface area contributed by atoms with E-state index in [1.54, 1.807) is 0 Å². The maximum atomic E-state index is 11.2. The van der Waals surface area contributed by atoms with Gasteiger partial charge in [-0.25, -0.2) is 0 Å². The lowest BCUT2D eigenvalue weighted by Crippen LogP contribution is -2.50. The van der Waals surface area contributed by atoms with Gasteiger partial charge in [0.05, 0.1) is 6.42 Å². The van der Waals surface area contributed by atoms with Gasteiger partial charge in [0.15, 0.2) is 0 Å². The van der Waals surface area contributed by atoms with Crippen LogP contribution < -0.4 is 10.6 Å². The number of nitrogens with one attached hydrogen (secondary N) is 2. The Hall–Kier alpha value is -1.59. The Kier molecular flexibility index (Phi) is 4.08. The molecular weight excluding hydrogens is 200 g/mol. The van der Waals surface area contributed by atoms with Gasteiger partial charge in [0.25, 0.3) is 0 Å². The second-order valence-corrected chi connectivity index (χ2v) is 3.45. The number of hydrogen-bond acceptors (Lipinski definition) is 3. The van der Waals surface area contributed by atoms with Crippen molar-refractivity contribution >= 4 is 17.8 Å². The van der Waals surface area contributed by atoms with Crippen molar-refractivity contribution in [3.63, 3.8) is 0 Å². The molecule has 0 aromatic carbocycles. The molecule has 84 valence electrons. The van der Waals surface area contributed by atoms with Crippen LogP contribution in [-0.4, -0.2) is 35.5 Å². The Morgan fingerprint density at radius 3 is 2.80 bits per heavy atom. The molecule has 2 amide bonds. The van der Waals surface area contributed by atoms with E-state index in [0.717, 1.165) is 6.42 Å². The summed E-state index contributed by atoms with van der Waals surface area (Å²) in [5.74, 6) is -1.59. The minimum Gasteiger partial charge on any atom is -0.481 e. The highest BCUT2D eigenvalue weighted by Crippen LogP contribution is 2.03. The molecule has 0 radical (unpaired) electrons. The number of rotatable bonds is 4. The van der Waals surface area contributed by atoms with Gasteiger partial charge in [-0.05, 0) is 12.8 Å². The van der Waals surface area contributed by atoms with Crippen LogP contribution in [-0.2, 0) is 14.4 Å². The Labute approximate surface area is 87.0 Å². The molecule has 1 atom stereocenters. The van der Waals surface area contributed by atoms with Crippen LogP contribution >= 0.6 is 0 Å². The van der Waals surface area contributed by atoms with E-state index in [9.17, 15) is 14.4 Å². The summed E-state index contributed by atoms with van der Waals surface area (Å²) < 4.78 is 0. The van der Waals surface area contributed by atoms with Gasteiger partial charge < -0.3 is 15.7 Å². The molecule has 6 heteroatoms. The van der Waals surface area contributed by atoms with E-state index < -0.39 is 12.0 Å². The number of hydrogen-bond donors (Lipinski definition) is 3. The molecule has 1 unspecified atom stereocenters. The first-order valence-electron chi connectivity index (χ1n) is 4.88. The highest BCUT2D eigenvalue weighted by Gasteiger charge is 2.23. The molecule has 1 heterocycles. The van der Waals surface area contributed by atoms with Crippen molar-refractivity contribution in [3.05, 3.63) is 0 Å². The van der Waals surface area contributed by atoms with E-state index in [0.29, 0.717) is 13.0 Å². The molecule has 1 saturated heterocycles. The fourth-order valence-electron chi connectivity index (χ4n) is 1.40. The van der Waals surface area contributed by atoms with E-state index in [2.05, 4.69) is 10.6 Å². The predicted octanol–water partition coefficient (Wildman–Crippen LogP) is -0.754. The van der Waals surface area contributed by atoms with Gasteiger partial charge in [-0.15, -0.1) is 0 Å². The number of carbonyl (C=O) groups is 3. The van der Waals surface area contributed by atoms with Crippen LogP contribution in [0.25, 0.3) is 0 Å². The van der Waals surface area contributed by atoms with Crippen molar-refractivity contribution in [3.8, 4) is 0 Å².